The van der Waals surface area contributed by atoms with Crippen LogP contribution in [0.25, 0.3) is 5.78 Å². The third-order valence-electron chi connectivity index (χ3n) is 3.00. The summed E-state index contributed by atoms with van der Waals surface area (Å²) in [6.45, 7) is 4.43. The molecule has 13 heavy (non-hydrogen) atoms. The van der Waals surface area contributed by atoms with Gasteiger partial charge in [-0.1, -0.05) is 13.8 Å². The predicted molar refractivity (Wildman–Crippen MR) is 47.6 cm³/mol. The standard InChI is InChI=1S/C9H10N4/c1-5-6(2)8-7(5)11-9-12-10-3-4-13(8)9/h3-6H,1-2H3. The maximum Gasteiger partial charge on any atom is 0.254 e. The van der Waals surface area contributed by atoms with E-state index in [2.05, 4.69) is 29.0 Å². The molecule has 2 aromatic heterocycles. The van der Waals surface area contributed by atoms with E-state index in [4.69, 9.17) is 0 Å². The number of rotatable bonds is 0. The van der Waals surface area contributed by atoms with E-state index in [0.29, 0.717) is 11.8 Å². The van der Waals surface area contributed by atoms with Crippen LogP contribution in [0.4, 0.5) is 0 Å². The highest BCUT2D eigenvalue weighted by molar-refractivity contribution is 5.44. The van der Waals surface area contributed by atoms with Gasteiger partial charge in [0.25, 0.3) is 5.78 Å². The second-order valence-electron chi connectivity index (χ2n) is 3.64. The molecule has 0 aliphatic heterocycles. The molecule has 66 valence electrons. The largest absolute Gasteiger partial charge is 0.285 e. The van der Waals surface area contributed by atoms with Crippen molar-refractivity contribution in [2.75, 3.05) is 0 Å². The predicted octanol–water partition coefficient (Wildman–Crippen LogP) is 1.34. The number of fused-ring (bicyclic) bond motifs is 3. The van der Waals surface area contributed by atoms with Gasteiger partial charge in [0, 0.05) is 18.0 Å². The Bertz CT molecular complexity index is 473. The first-order valence-electron chi connectivity index (χ1n) is 4.48. The van der Waals surface area contributed by atoms with Gasteiger partial charge in [0.05, 0.1) is 17.6 Å². The molecule has 0 saturated carbocycles. The van der Waals surface area contributed by atoms with Crippen LogP contribution in [0.2, 0.25) is 0 Å². The third kappa shape index (κ3) is 0.685. The lowest BCUT2D eigenvalue weighted by Crippen LogP contribution is -2.20. The number of nitrogens with zero attached hydrogens (tertiary/aromatic N) is 4. The fraction of sp³-hybridized carbons (Fsp3) is 0.444. The molecule has 0 spiro atoms. The average Bonchev–Trinajstić information content (AvgIpc) is 2.52. The topological polar surface area (TPSA) is 43.1 Å². The fourth-order valence-electron chi connectivity index (χ4n) is 2.01. The van der Waals surface area contributed by atoms with Crippen molar-refractivity contribution < 1.29 is 0 Å². The molecule has 4 nitrogen and oxygen atoms in total. The summed E-state index contributed by atoms with van der Waals surface area (Å²) < 4.78 is 2.03. The molecule has 0 bridgehead atoms. The molecule has 2 unspecified atom stereocenters. The van der Waals surface area contributed by atoms with Crippen molar-refractivity contribution >= 4 is 5.78 Å². The molecule has 3 rings (SSSR count). The SMILES string of the molecule is CC1c2nc3nnccn3c2C1C. The molecular weight excluding hydrogens is 164 g/mol. The Morgan fingerprint density at radius 2 is 2.15 bits per heavy atom. The van der Waals surface area contributed by atoms with Crippen LogP contribution in [0.1, 0.15) is 37.1 Å². The maximum absolute atomic E-state index is 4.42. The normalized spacial score (nSPS) is 25.7. The minimum Gasteiger partial charge on any atom is -0.285 e. The minimum atomic E-state index is 0.566. The van der Waals surface area contributed by atoms with Crippen molar-refractivity contribution in [3.8, 4) is 0 Å². The number of imidazole rings is 1. The van der Waals surface area contributed by atoms with E-state index in [1.54, 1.807) is 6.20 Å². The molecule has 0 aromatic carbocycles. The Labute approximate surface area is 75.6 Å². The van der Waals surface area contributed by atoms with Gasteiger partial charge in [-0.2, -0.15) is 5.10 Å². The quantitative estimate of drug-likeness (QED) is 0.605. The van der Waals surface area contributed by atoms with Crippen molar-refractivity contribution in [1.29, 1.82) is 0 Å². The molecule has 1 aliphatic carbocycles. The van der Waals surface area contributed by atoms with Gasteiger partial charge in [0.1, 0.15) is 0 Å². The van der Waals surface area contributed by atoms with Gasteiger partial charge in [-0.15, -0.1) is 5.10 Å². The molecule has 1 aliphatic rings. The molecule has 0 fully saturated rings. The Morgan fingerprint density at radius 3 is 3.00 bits per heavy atom. The van der Waals surface area contributed by atoms with Crippen LogP contribution in [0.3, 0.4) is 0 Å². The van der Waals surface area contributed by atoms with Gasteiger partial charge in [0.2, 0.25) is 0 Å². The molecule has 0 N–H and O–H groups in total. The lowest BCUT2D eigenvalue weighted by molar-refractivity contribution is 0.511. The Hall–Kier alpha value is -1.45. The van der Waals surface area contributed by atoms with Crippen molar-refractivity contribution in [1.82, 2.24) is 19.6 Å². The zero-order valence-corrected chi connectivity index (χ0v) is 7.60. The summed E-state index contributed by atoms with van der Waals surface area (Å²) in [6.07, 6.45) is 3.63. The second-order valence-corrected chi connectivity index (χ2v) is 3.64. The Kier molecular flexibility index (Phi) is 1.12. The van der Waals surface area contributed by atoms with E-state index in [1.165, 1.54) is 11.4 Å². The lowest BCUT2D eigenvalue weighted by atomic mass is 9.77. The Balaban J connectivity index is 2.39. The lowest BCUT2D eigenvalue weighted by Gasteiger charge is -2.29. The highest BCUT2D eigenvalue weighted by Gasteiger charge is 2.36. The molecule has 2 aromatic rings. The van der Waals surface area contributed by atoms with Crippen molar-refractivity contribution in [2.24, 2.45) is 0 Å². The number of hydrogen-bond donors (Lipinski definition) is 0. The first-order valence-corrected chi connectivity index (χ1v) is 4.48. The zero-order valence-electron chi connectivity index (χ0n) is 7.60. The highest BCUT2D eigenvalue weighted by Crippen LogP contribution is 2.45. The van der Waals surface area contributed by atoms with Crippen LogP contribution in [0.15, 0.2) is 12.4 Å². The molecule has 2 atom stereocenters. The van der Waals surface area contributed by atoms with E-state index < -0.39 is 0 Å². The summed E-state index contributed by atoms with van der Waals surface area (Å²) in [5.41, 5.74) is 2.49. The van der Waals surface area contributed by atoms with Crippen molar-refractivity contribution in [3.05, 3.63) is 23.8 Å². The van der Waals surface area contributed by atoms with E-state index >= 15 is 0 Å². The van der Waals surface area contributed by atoms with Gasteiger partial charge in [-0.25, -0.2) is 4.98 Å². The molecular formula is C9H10N4. The fourth-order valence-corrected chi connectivity index (χ4v) is 2.01. The molecule has 0 radical (unpaired) electrons. The summed E-state index contributed by atoms with van der Waals surface area (Å²) >= 11 is 0. The average molecular weight is 174 g/mol. The van der Waals surface area contributed by atoms with E-state index in [1.807, 2.05) is 10.6 Å². The van der Waals surface area contributed by atoms with Gasteiger partial charge in [0.15, 0.2) is 0 Å². The van der Waals surface area contributed by atoms with Crippen LogP contribution < -0.4 is 0 Å². The van der Waals surface area contributed by atoms with Gasteiger partial charge in [-0.05, 0) is 0 Å². The zero-order chi connectivity index (χ0) is 9.00. The first-order chi connectivity index (χ1) is 6.29. The molecule has 2 heterocycles. The third-order valence-corrected chi connectivity index (χ3v) is 3.00. The molecule has 4 heteroatoms. The van der Waals surface area contributed by atoms with E-state index in [-0.39, 0.29) is 0 Å². The van der Waals surface area contributed by atoms with Crippen molar-refractivity contribution in [2.45, 2.75) is 25.7 Å². The second kappa shape index (κ2) is 2.07. The van der Waals surface area contributed by atoms with Crippen LogP contribution in [0, 0.1) is 0 Å². The number of hydrogen-bond acceptors (Lipinski definition) is 3. The van der Waals surface area contributed by atoms with Crippen LogP contribution in [-0.2, 0) is 0 Å². The summed E-state index contributed by atoms with van der Waals surface area (Å²) in [5, 5.41) is 7.79. The maximum atomic E-state index is 4.42. The summed E-state index contributed by atoms with van der Waals surface area (Å²) in [4.78, 5) is 4.42. The van der Waals surface area contributed by atoms with E-state index in [0.717, 1.165) is 5.78 Å². The van der Waals surface area contributed by atoms with Crippen LogP contribution in [-0.4, -0.2) is 19.6 Å². The van der Waals surface area contributed by atoms with Gasteiger partial charge >= 0.3 is 0 Å². The Morgan fingerprint density at radius 1 is 1.31 bits per heavy atom. The number of aromatic nitrogens is 4. The first kappa shape index (κ1) is 7.00. The summed E-state index contributed by atoms with van der Waals surface area (Å²) in [5.74, 6) is 1.88. The minimum absolute atomic E-state index is 0.566. The highest BCUT2D eigenvalue weighted by atomic mass is 15.2. The van der Waals surface area contributed by atoms with Crippen LogP contribution >= 0.6 is 0 Å². The van der Waals surface area contributed by atoms with Crippen molar-refractivity contribution in [3.63, 3.8) is 0 Å². The smallest absolute Gasteiger partial charge is 0.254 e. The van der Waals surface area contributed by atoms with Gasteiger partial charge < -0.3 is 0 Å². The molecule has 0 amide bonds. The van der Waals surface area contributed by atoms with Crippen LogP contribution in [0.5, 0.6) is 0 Å². The summed E-state index contributed by atoms with van der Waals surface area (Å²) in [7, 11) is 0. The molecule has 0 saturated heterocycles. The summed E-state index contributed by atoms with van der Waals surface area (Å²) in [6, 6.07) is 0. The van der Waals surface area contributed by atoms with Gasteiger partial charge in [-0.3, -0.25) is 4.40 Å². The monoisotopic (exact) mass is 174 g/mol. The van der Waals surface area contributed by atoms with E-state index in [9.17, 15) is 0 Å².